The topological polar surface area (TPSA) is 67.9 Å². The largest absolute Gasteiger partial charge is 0.465 e. The summed E-state index contributed by atoms with van der Waals surface area (Å²) in [6.07, 6.45) is 3.88. The molecule has 25 heavy (non-hydrogen) atoms. The van der Waals surface area contributed by atoms with Crippen LogP contribution in [0.3, 0.4) is 0 Å². The molecule has 0 fully saturated rings. The number of benzene rings is 2. The number of carbonyl (C=O) groups is 1. The monoisotopic (exact) mass is 337 g/mol. The number of hydrogen-bond donors (Lipinski definition) is 1. The van der Waals surface area contributed by atoms with Crippen LogP contribution in [0.15, 0.2) is 30.3 Å². The number of fused-ring (bicyclic) bond motifs is 1. The number of hydrogen-bond acceptors (Lipinski definition) is 4. The Balaban J connectivity index is 2.32. The summed E-state index contributed by atoms with van der Waals surface area (Å²) in [4.78, 5) is 12.5. The quantitative estimate of drug-likeness (QED) is 0.680. The van der Waals surface area contributed by atoms with Gasteiger partial charge in [-0.1, -0.05) is 44.5 Å². The number of rotatable bonds is 6. The summed E-state index contributed by atoms with van der Waals surface area (Å²) in [6, 6.07) is 10.0. The van der Waals surface area contributed by atoms with Crippen molar-refractivity contribution in [2.75, 3.05) is 7.11 Å². The average molecular weight is 337 g/mol. The third-order valence-electron chi connectivity index (χ3n) is 4.57. The lowest BCUT2D eigenvalue weighted by Crippen LogP contribution is -2.08. The summed E-state index contributed by atoms with van der Waals surface area (Å²) < 4.78 is 5.07. The molecule has 2 aromatic carbocycles. The third-order valence-corrected chi connectivity index (χ3v) is 4.57. The molecule has 0 saturated carbocycles. The van der Waals surface area contributed by atoms with Gasteiger partial charge in [0.15, 0.2) is 0 Å². The summed E-state index contributed by atoms with van der Waals surface area (Å²) in [7, 11) is 1.42. The van der Waals surface area contributed by atoms with E-state index in [1.54, 1.807) is 0 Å². The van der Waals surface area contributed by atoms with Crippen LogP contribution in [0.2, 0.25) is 0 Å². The van der Waals surface area contributed by atoms with Crippen LogP contribution in [0.1, 0.15) is 48.2 Å². The fourth-order valence-corrected chi connectivity index (χ4v) is 3.28. The Labute approximate surface area is 147 Å². The first-order valence-corrected chi connectivity index (χ1v) is 8.74. The lowest BCUT2D eigenvalue weighted by molar-refractivity contribution is 0.0600. The summed E-state index contributed by atoms with van der Waals surface area (Å²) in [5.41, 5.74) is 6.24. The molecule has 1 aromatic heterocycles. The van der Waals surface area contributed by atoms with Crippen LogP contribution in [0.4, 0.5) is 0 Å². The van der Waals surface area contributed by atoms with Crippen molar-refractivity contribution >= 4 is 17.0 Å². The molecule has 3 rings (SSSR count). The van der Waals surface area contributed by atoms with Crippen LogP contribution in [0, 0.1) is 0 Å². The molecule has 0 unspecified atom stereocenters. The van der Waals surface area contributed by atoms with Crippen LogP contribution < -0.4 is 0 Å². The molecule has 5 nitrogen and oxygen atoms in total. The number of esters is 1. The first-order chi connectivity index (χ1) is 12.2. The van der Waals surface area contributed by atoms with Gasteiger partial charge in [-0.15, -0.1) is 0 Å². The molecule has 3 aromatic rings. The minimum atomic E-state index is -0.311. The molecule has 0 aliphatic carbocycles. The molecule has 0 atom stereocenters. The summed E-state index contributed by atoms with van der Waals surface area (Å²) in [6.45, 7) is 4.21. The molecule has 0 aliphatic rings. The van der Waals surface area contributed by atoms with Gasteiger partial charge in [0, 0.05) is 5.56 Å². The minimum absolute atomic E-state index is 0.311. The van der Waals surface area contributed by atoms with Gasteiger partial charge in [-0.3, -0.25) is 0 Å². The Hall–Kier alpha value is -2.69. The molecule has 130 valence electrons. The van der Waals surface area contributed by atoms with Crippen LogP contribution in [0.5, 0.6) is 0 Å². The second-order valence-electron chi connectivity index (χ2n) is 6.08. The number of carbonyl (C=O) groups excluding carboxylic acids is 1. The molecular weight excluding hydrogens is 314 g/mol. The maximum atomic E-state index is 12.5. The Kier molecular flexibility index (Phi) is 5.12. The molecule has 0 saturated heterocycles. The van der Waals surface area contributed by atoms with Gasteiger partial charge in [0.05, 0.1) is 12.7 Å². The predicted molar refractivity (Wildman–Crippen MR) is 98.7 cm³/mol. The number of methoxy groups -OCH3 is 1. The van der Waals surface area contributed by atoms with Gasteiger partial charge in [0.2, 0.25) is 0 Å². The second-order valence-corrected chi connectivity index (χ2v) is 6.08. The Morgan fingerprint density at radius 1 is 1.12 bits per heavy atom. The number of H-pyrrole nitrogens is 1. The number of nitrogens with one attached hydrogen (secondary N) is 1. The fourth-order valence-electron chi connectivity index (χ4n) is 3.28. The molecule has 0 bridgehead atoms. The summed E-state index contributed by atoms with van der Waals surface area (Å²) in [5, 5.41) is 11.3. The predicted octanol–water partition coefficient (Wildman–Crippen LogP) is 4.32. The Morgan fingerprint density at radius 3 is 2.68 bits per heavy atom. The second kappa shape index (κ2) is 7.47. The number of aromatic amines is 1. The van der Waals surface area contributed by atoms with Gasteiger partial charge in [0.25, 0.3) is 0 Å². The molecule has 1 heterocycles. The number of aromatic nitrogens is 3. The van der Waals surface area contributed by atoms with Gasteiger partial charge < -0.3 is 4.74 Å². The zero-order valence-corrected chi connectivity index (χ0v) is 14.9. The zero-order chi connectivity index (χ0) is 17.8. The van der Waals surface area contributed by atoms with E-state index in [2.05, 4.69) is 28.4 Å². The lowest BCUT2D eigenvalue weighted by Gasteiger charge is -2.16. The lowest BCUT2D eigenvalue weighted by atomic mass is 9.89. The van der Waals surface area contributed by atoms with Gasteiger partial charge in [-0.25, -0.2) is 4.79 Å². The SMILES string of the molecule is CCCCc1ccc2n[nH]nc2c1-c1cccc(CC)c1C(=O)OC. The maximum Gasteiger partial charge on any atom is 0.338 e. The van der Waals surface area contributed by atoms with Crippen molar-refractivity contribution in [2.24, 2.45) is 0 Å². The van der Waals surface area contributed by atoms with Crippen molar-refractivity contribution in [2.45, 2.75) is 39.5 Å². The summed E-state index contributed by atoms with van der Waals surface area (Å²) in [5.74, 6) is -0.311. The molecular formula is C20H23N3O2. The minimum Gasteiger partial charge on any atom is -0.465 e. The van der Waals surface area contributed by atoms with E-state index in [9.17, 15) is 4.79 Å². The number of nitrogens with zero attached hydrogens (tertiary/aromatic N) is 2. The molecule has 0 aliphatic heterocycles. The van der Waals surface area contributed by atoms with E-state index in [1.807, 2.05) is 31.2 Å². The van der Waals surface area contributed by atoms with Crippen molar-refractivity contribution in [1.29, 1.82) is 0 Å². The third kappa shape index (κ3) is 3.14. The van der Waals surface area contributed by atoms with E-state index in [0.717, 1.165) is 53.4 Å². The molecule has 0 radical (unpaired) electrons. The smallest absolute Gasteiger partial charge is 0.338 e. The van der Waals surface area contributed by atoms with E-state index in [1.165, 1.54) is 12.7 Å². The highest BCUT2D eigenvalue weighted by Gasteiger charge is 2.22. The number of ether oxygens (including phenoxy) is 1. The van der Waals surface area contributed by atoms with E-state index >= 15 is 0 Å². The van der Waals surface area contributed by atoms with Gasteiger partial charge >= 0.3 is 5.97 Å². The zero-order valence-electron chi connectivity index (χ0n) is 14.9. The maximum absolute atomic E-state index is 12.5. The summed E-state index contributed by atoms with van der Waals surface area (Å²) >= 11 is 0. The average Bonchev–Trinajstić information content (AvgIpc) is 3.13. The molecule has 0 spiro atoms. The first-order valence-electron chi connectivity index (χ1n) is 8.74. The van der Waals surface area contributed by atoms with Gasteiger partial charge in [0.1, 0.15) is 11.0 Å². The van der Waals surface area contributed by atoms with Crippen LogP contribution in [-0.2, 0) is 17.6 Å². The van der Waals surface area contributed by atoms with Gasteiger partial charge in [-0.2, -0.15) is 15.4 Å². The van der Waals surface area contributed by atoms with E-state index in [4.69, 9.17) is 4.74 Å². The highest BCUT2D eigenvalue weighted by atomic mass is 16.5. The van der Waals surface area contributed by atoms with Crippen LogP contribution in [-0.4, -0.2) is 28.5 Å². The van der Waals surface area contributed by atoms with Crippen molar-refractivity contribution in [1.82, 2.24) is 15.4 Å². The molecule has 1 N–H and O–H groups in total. The molecule has 0 amide bonds. The fraction of sp³-hybridized carbons (Fsp3) is 0.350. The normalized spacial score (nSPS) is 11.0. The molecule has 5 heteroatoms. The number of unbranched alkanes of at least 4 members (excludes halogenated alkanes) is 1. The first kappa shape index (κ1) is 17.1. The van der Waals surface area contributed by atoms with Crippen LogP contribution >= 0.6 is 0 Å². The number of aryl methyl sites for hydroxylation is 2. The van der Waals surface area contributed by atoms with E-state index in [0.29, 0.717) is 5.56 Å². The highest BCUT2D eigenvalue weighted by molar-refractivity contribution is 6.04. The Bertz CT molecular complexity index is 899. The van der Waals surface area contributed by atoms with Crippen LogP contribution in [0.25, 0.3) is 22.2 Å². The van der Waals surface area contributed by atoms with E-state index in [-0.39, 0.29) is 5.97 Å². The van der Waals surface area contributed by atoms with Crippen molar-refractivity contribution in [3.8, 4) is 11.1 Å². The Morgan fingerprint density at radius 2 is 1.96 bits per heavy atom. The van der Waals surface area contributed by atoms with Crippen molar-refractivity contribution < 1.29 is 9.53 Å². The van der Waals surface area contributed by atoms with Crippen molar-refractivity contribution in [3.63, 3.8) is 0 Å². The standard InChI is InChI=1S/C20H23N3O2/c1-4-6-8-14-11-12-16-19(22-23-21-16)17(14)15-10-7-9-13(5-2)18(15)20(24)25-3/h7,9-12H,4-6,8H2,1-3H3,(H,21,22,23). The van der Waals surface area contributed by atoms with Crippen molar-refractivity contribution in [3.05, 3.63) is 47.0 Å². The highest BCUT2D eigenvalue weighted by Crippen LogP contribution is 2.35. The van der Waals surface area contributed by atoms with Gasteiger partial charge in [-0.05, 0) is 42.0 Å². The van der Waals surface area contributed by atoms with E-state index < -0.39 is 0 Å².